The van der Waals surface area contributed by atoms with E-state index in [-0.39, 0.29) is 5.91 Å². The first-order valence-electron chi connectivity index (χ1n) is 13.5. The Bertz CT molecular complexity index is 1610. The minimum atomic E-state index is -1.15. The van der Waals surface area contributed by atoms with E-state index < -0.39 is 8.07 Å². The molecule has 0 spiro atoms. The Kier molecular flexibility index (Phi) is 8.13. The van der Waals surface area contributed by atoms with Gasteiger partial charge in [-0.3, -0.25) is 4.79 Å². The number of benzene rings is 2. The van der Waals surface area contributed by atoms with Gasteiger partial charge in [0, 0.05) is 49.6 Å². The standard InChI is InChI=1S/C29H35N7O3Si/c1-5-6-26(37)31-21-9-11-22(12-10-21)33-29-34-24-13-14-39-27(24)28(35-29)32-23-8-7-20-18-30-36(25(20)17-23)19-38-15-16-40(2,3)4/h7-14,17-18H,5-6,15-16,19H2,1-4H3,(H,31,37)(H2,32,33,34,35). The fraction of sp³-hybridized carbons (Fsp3) is 0.310. The maximum atomic E-state index is 11.9. The molecule has 40 heavy (non-hydrogen) atoms. The summed E-state index contributed by atoms with van der Waals surface area (Å²) in [6.45, 7) is 10.1. The summed E-state index contributed by atoms with van der Waals surface area (Å²) in [5.74, 6) is 0.960. The van der Waals surface area contributed by atoms with Crippen molar-refractivity contribution in [2.24, 2.45) is 0 Å². The largest absolute Gasteiger partial charge is 0.459 e. The van der Waals surface area contributed by atoms with Gasteiger partial charge in [0.05, 0.1) is 18.0 Å². The molecule has 0 bridgehead atoms. The van der Waals surface area contributed by atoms with Gasteiger partial charge < -0.3 is 25.1 Å². The Balaban J connectivity index is 1.32. The second kappa shape index (κ2) is 11.9. The molecule has 3 N–H and O–H groups in total. The van der Waals surface area contributed by atoms with Crippen LogP contribution in [0.1, 0.15) is 19.8 Å². The van der Waals surface area contributed by atoms with Crippen LogP contribution >= 0.6 is 0 Å². The predicted molar refractivity (Wildman–Crippen MR) is 162 cm³/mol. The van der Waals surface area contributed by atoms with Crippen LogP contribution in [0.5, 0.6) is 0 Å². The zero-order chi connectivity index (χ0) is 28.1. The second-order valence-corrected chi connectivity index (χ2v) is 16.5. The fourth-order valence-corrected chi connectivity index (χ4v) is 4.89. The Labute approximate surface area is 234 Å². The predicted octanol–water partition coefficient (Wildman–Crippen LogP) is 7.11. The van der Waals surface area contributed by atoms with E-state index in [1.165, 1.54) is 0 Å². The van der Waals surface area contributed by atoms with Gasteiger partial charge in [0.2, 0.25) is 11.9 Å². The van der Waals surface area contributed by atoms with Gasteiger partial charge in [0.25, 0.3) is 0 Å². The highest BCUT2D eigenvalue weighted by molar-refractivity contribution is 6.76. The maximum absolute atomic E-state index is 11.9. The number of anilines is 5. The first-order valence-corrected chi connectivity index (χ1v) is 17.2. The molecule has 3 aromatic heterocycles. The van der Waals surface area contributed by atoms with Gasteiger partial charge in [0.15, 0.2) is 11.4 Å². The molecule has 1 amide bonds. The van der Waals surface area contributed by atoms with E-state index in [1.807, 2.05) is 60.3 Å². The highest BCUT2D eigenvalue weighted by atomic mass is 28.3. The topological polar surface area (TPSA) is 119 Å². The van der Waals surface area contributed by atoms with Crippen molar-refractivity contribution in [2.75, 3.05) is 22.6 Å². The second-order valence-electron chi connectivity index (χ2n) is 10.9. The third-order valence-corrected chi connectivity index (χ3v) is 8.03. The zero-order valence-corrected chi connectivity index (χ0v) is 24.3. The van der Waals surface area contributed by atoms with Gasteiger partial charge in [-0.05, 0) is 54.9 Å². The van der Waals surface area contributed by atoms with Crippen molar-refractivity contribution >= 4 is 64.8 Å². The summed E-state index contributed by atoms with van der Waals surface area (Å²) >= 11 is 0. The number of carbonyl (C=O) groups excluding carboxylic acids is 1. The van der Waals surface area contributed by atoms with Gasteiger partial charge in [-0.1, -0.05) is 26.6 Å². The number of ether oxygens (including phenoxy) is 1. The lowest BCUT2D eigenvalue weighted by molar-refractivity contribution is -0.116. The summed E-state index contributed by atoms with van der Waals surface area (Å²) in [6, 6.07) is 16.4. The van der Waals surface area contributed by atoms with Crippen LogP contribution in [0, 0.1) is 0 Å². The molecular weight excluding hydrogens is 522 g/mol. The molecular formula is C29H35N7O3Si. The van der Waals surface area contributed by atoms with Crippen molar-refractivity contribution in [3.8, 4) is 0 Å². The van der Waals surface area contributed by atoms with Crippen LogP contribution < -0.4 is 16.0 Å². The minimum absolute atomic E-state index is 0.00321. The van der Waals surface area contributed by atoms with E-state index >= 15 is 0 Å². The Morgan fingerprint density at radius 1 is 1.00 bits per heavy atom. The Morgan fingerprint density at radius 2 is 1.77 bits per heavy atom. The minimum Gasteiger partial charge on any atom is -0.459 e. The number of hydrogen-bond donors (Lipinski definition) is 3. The number of carbonyl (C=O) groups is 1. The molecule has 0 fully saturated rings. The van der Waals surface area contributed by atoms with Crippen LogP contribution in [0.2, 0.25) is 25.7 Å². The SMILES string of the molecule is CCCC(=O)Nc1ccc(Nc2nc(Nc3ccc4cnn(COCC[Si](C)(C)C)c4c3)c3occc3n2)cc1. The number of furan rings is 1. The van der Waals surface area contributed by atoms with Gasteiger partial charge in [-0.25, -0.2) is 9.67 Å². The van der Waals surface area contributed by atoms with Crippen LogP contribution in [0.4, 0.5) is 28.8 Å². The number of aromatic nitrogens is 4. The number of amides is 1. The van der Waals surface area contributed by atoms with Crippen LogP contribution in [-0.4, -0.2) is 40.3 Å². The quantitative estimate of drug-likeness (QED) is 0.110. The van der Waals surface area contributed by atoms with Crippen LogP contribution in [0.25, 0.3) is 22.0 Å². The summed E-state index contributed by atoms with van der Waals surface area (Å²) in [6.07, 6.45) is 4.74. The summed E-state index contributed by atoms with van der Waals surface area (Å²) in [4.78, 5) is 21.2. The van der Waals surface area contributed by atoms with Gasteiger partial charge >= 0.3 is 0 Å². The van der Waals surface area contributed by atoms with Crippen LogP contribution in [0.15, 0.2) is 65.4 Å². The molecule has 0 saturated carbocycles. The van der Waals surface area contributed by atoms with Crippen molar-refractivity contribution in [2.45, 2.75) is 52.2 Å². The molecule has 3 heterocycles. The van der Waals surface area contributed by atoms with E-state index in [2.05, 4.69) is 45.7 Å². The normalized spacial score (nSPS) is 11.7. The average molecular weight is 558 g/mol. The molecule has 0 saturated heterocycles. The van der Waals surface area contributed by atoms with Gasteiger partial charge in [-0.2, -0.15) is 10.1 Å². The maximum Gasteiger partial charge on any atom is 0.230 e. The highest BCUT2D eigenvalue weighted by Crippen LogP contribution is 2.29. The molecule has 0 radical (unpaired) electrons. The van der Waals surface area contributed by atoms with Crippen molar-refractivity contribution in [1.29, 1.82) is 0 Å². The summed E-state index contributed by atoms with van der Waals surface area (Å²) in [5, 5.41) is 15.1. The number of nitrogens with zero attached hydrogens (tertiary/aromatic N) is 4. The smallest absolute Gasteiger partial charge is 0.230 e. The van der Waals surface area contributed by atoms with Crippen molar-refractivity contribution in [3.05, 3.63) is 61.0 Å². The van der Waals surface area contributed by atoms with Crippen molar-refractivity contribution in [1.82, 2.24) is 19.7 Å². The highest BCUT2D eigenvalue weighted by Gasteiger charge is 2.14. The van der Waals surface area contributed by atoms with Crippen LogP contribution in [-0.2, 0) is 16.3 Å². The van der Waals surface area contributed by atoms with E-state index in [9.17, 15) is 4.79 Å². The average Bonchev–Trinajstić information content (AvgIpc) is 3.54. The molecule has 0 unspecified atom stereocenters. The van der Waals surface area contributed by atoms with Crippen LogP contribution in [0.3, 0.4) is 0 Å². The number of fused-ring (bicyclic) bond motifs is 2. The molecule has 2 aromatic carbocycles. The summed E-state index contributed by atoms with van der Waals surface area (Å²) in [5.41, 5.74) is 4.57. The zero-order valence-electron chi connectivity index (χ0n) is 23.3. The Hall–Kier alpha value is -4.22. The summed E-state index contributed by atoms with van der Waals surface area (Å²) < 4.78 is 13.5. The third-order valence-electron chi connectivity index (χ3n) is 6.32. The lowest BCUT2D eigenvalue weighted by Crippen LogP contribution is -2.22. The molecule has 0 aliphatic carbocycles. The lowest BCUT2D eigenvalue weighted by atomic mass is 10.2. The van der Waals surface area contributed by atoms with Gasteiger partial charge in [0.1, 0.15) is 12.2 Å². The molecule has 0 aliphatic rings. The fourth-order valence-electron chi connectivity index (χ4n) is 4.14. The van der Waals surface area contributed by atoms with Gasteiger partial charge in [-0.15, -0.1) is 0 Å². The summed E-state index contributed by atoms with van der Waals surface area (Å²) in [7, 11) is -1.15. The first-order chi connectivity index (χ1) is 19.3. The molecule has 5 aromatic rings. The molecule has 208 valence electrons. The van der Waals surface area contributed by atoms with E-state index in [4.69, 9.17) is 14.1 Å². The monoisotopic (exact) mass is 557 g/mol. The third kappa shape index (κ3) is 6.85. The number of nitrogens with one attached hydrogen (secondary N) is 3. The lowest BCUT2D eigenvalue weighted by Gasteiger charge is -2.15. The van der Waals surface area contributed by atoms with Crippen molar-refractivity contribution in [3.63, 3.8) is 0 Å². The van der Waals surface area contributed by atoms with E-state index in [0.29, 0.717) is 36.0 Å². The number of hydrogen-bond acceptors (Lipinski definition) is 8. The molecule has 5 rings (SSSR count). The van der Waals surface area contributed by atoms with E-state index in [0.717, 1.165) is 47.0 Å². The number of rotatable bonds is 12. The molecule has 11 heteroatoms. The first kappa shape index (κ1) is 27.3. The Morgan fingerprint density at radius 3 is 2.55 bits per heavy atom. The van der Waals surface area contributed by atoms with Crippen molar-refractivity contribution < 1.29 is 13.9 Å². The van der Waals surface area contributed by atoms with E-state index in [1.54, 1.807) is 12.3 Å². The molecule has 0 aliphatic heterocycles. The molecule has 10 nitrogen and oxygen atoms in total. The molecule has 0 atom stereocenters.